The smallest absolute Gasteiger partial charge is 0.110 e. The molecule has 0 aliphatic carbocycles. The summed E-state index contributed by atoms with van der Waals surface area (Å²) in [4.78, 5) is 7.16. The Labute approximate surface area is 124 Å². The highest BCUT2D eigenvalue weighted by Gasteiger charge is 2.35. The zero-order valence-electron chi connectivity index (χ0n) is 12.1. The number of halogens is 1. The molecule has 108 valence electrons. The molecule has 2 atom stereocenters. The van der Waals surface area contributed by atoms with Gasteiger partial charge in [0.2, 0.25) is 0 Å². The molecule has 3 nitrogen and oxygen atoms in total. The highest BCUT2D eigenvalue weighted by Crippen LogP contribution is 2.32. The lowest BCUT2D eigenvalue weighted by Crippen LogP contribution is -2.52. The molecule has 1 aliphatic rings. The molecule has 0 spiro atoms. The fourth-order valence-corrected chi connectivity index (χ4v) is 4.13. The maximum absolute atomic E-state index is 5.98. The van der Waals surface area contributed by atoms with Gasteiger partial charge in [-0.25, -0.2) is 4.98 Å². The lowest BCUT2D eigenvalue weighted by atomic mass is 10.0. The first kappa shape index (κ1) is 15.2. The van der Waals surface area contributed by atoms with E-state index >= 15 is 0 Å². The molecule has 0 bridgehead atoms. The molecule has 1 fully saturated rings. The van der Waals surface area contributed by atoms with Crippen molar-refractivity contribution in [3.63, 3.8) is 0 Å². The van der Waals surface area contributed by atoms with Gasteiger partial charge in [0.1, 0.15) is 5.01 Å². The predicted molar refractivity (Wildman–Crippen MR) is 80.9 cm³/mol. The number of aromatic nitrogens is 1. The Balaban J connectivity index is 2.16. The van der Waals surface area contributed by atoms with Crippen molar-refractivity contribution in [1.29, 1.82) is 0 Å². The second-order valence-electron chi connectivity index (χ2n) is 5.85. The Morgan fingerprint density at radius 2 is 2.37 bits per heavy atom. The molecule has 0 N–H and O–H groups in total. The van der Waals surface area contributed by atoms with E-state index in [9.17, 15) is 0 Å². The number of thiazole rings is 1. The fraction of sp³-hybridized carbons (Fsp3) is 0.786. The molecular formula is C14H23ClN2OS. The summed E-state index contributed by atoms with van der Waals surface area (Å²) < 4.78 is 5.98. The fourth-order valence-electron chi connectivity index (χ4n) is 2.87. The molecule has 0 radical (unpaired) electrons. The number of hydrogen-bond donors (Lipinski definition) is 0. The summed E-state index contributed by atoms with van der Waals surface area (Å²) >= 11 is 7.58. The first-order chi connectivity index (χ1) is 8.95. The van der Waals surface area contributed by atoms with E-state index in [0.29, 0.717) is 11.9 Å². The van der Waals surface area contributed by atoms with Crippen molar-refractivity contribution in [3.8, 4) is 0 Å². The number of alkyl halides is 1. The van der Waals surface area contributed by atoms with Crippen molar-refractivity contribution in [1.82, 2.24) is 9.88 Å². The average molecular weight is 303 g/mol. The largest absolute Gasteiger partial charge is 0.370 e. The number of morpholine rings is 1. The van der Waals surface area contributed by atoms with Crippen LogP contribution in [0.4, 0.5) is 0 Å². The Morgan fingerprint density at radius 1 is 1.63 bits per heavy atom. The highest BCUT2D eigenvalue weighted by molar-refractivity contribution is 7.09. The Morgan fingerprint density at radius 3 is 2.89 bits per heavy atom. The summed E-state index contributed by atoms with van der Waals surface area (Å²) in [5.41, 5.74) is 0.901. The summed E-state index contributed by atoms with van der Waals surface area (Å²) in [5.74, 6) is 0.498. The van der Waals surface area contributed by atoms with Gasteiger partial charge in [0.15, 0.2) is 0 Å². The van der Waals surface area contributed by atoms with Crippen LogP contribution in [0.15, 0.2) is 5.38 Å². The minimum absolute atomic E-state index is 0.0857. The summed E-state index contributed by atoms with van der Waals surface area (Å²) in [6.07, 6.45) is 1.34. The van der Waals surface area contributed by atoms with Gasteiger partial charge >= 0.3 is 0 Å². The van der Waals surface area contributed by atoms with E-state index in [1.165, 1.54) is 5.01 Å². The molecule has 2 unspecified atom stereocenters. The number of rotatable bonds is 4. The Hall–Kier alpha value is -0.160. The normalized spacial score (nSPS) is 25.4. The van der Waals surface area contributed by atoms with Crippen LogP contribution in [0.3, 0.4) is 0 Å². The Kier molecular flexibility index (Phi) is 4.88. The highest BCUT2D eigenvalue weighted by atomic mass is 35.5. The monoisotopic (exact) mass is 302 g/mol. The van der Waals surface area contributed by atoms with Gasteiger partial charge in [-0.05, 0) is 27.2 Å². The average Bonchev–Trinajstić information content (AvgIpc) is 2.76. The Bertz CT molecular complexity index is 421. The van der Waals surface area contributed by atoms with Crippen LogP contribution in [0.2, 0.25) is 0 Å². The van der Waals surface area contributed by atoms with Gasteiger partial charge < -0.3 is 4.74 Å². The molecule has 0 aromatic carbocycles. The van der Waals surface area contributed by atoms with E-state index in [2.05, 4.69) is 43.0 Å². The van der Waals surface area contributed by atoms with E-state index in [-0.39, 0.29) is 11.7 Å². The van der Waals surface area contributed by atoms with Crippen LogP contribution in [-0.2, 0) is 10.6 Å². The molecule has 1 aromatic heterocycles. The molecule has 19 heavy (non-hydrogen) atoms. The van der Waals surface area contributed by atoms with Crippen LogP contribution in [0.5, 0.6) is 0 Å². The zero-order valence-corrected chi connectivity index (χ0v) is 13.7. The van der Waals surface area contributed by atoms with Gasteiger partial charge in [-0.3, -0.25) is 4.90 Å². The summed E-state index contributed by atoms with van der Waals surface area (Å²) in [5, 5.41) is 3.25. The molecule has 1 saturated heterocycles. The van der Waals surface area contributed by atoms with Gasteiger partial charge in [-0.1, -0.05) is 6.92 Å². The third-order valence-corrected chi connectivity index (χ3v) is 4.68. The van der Waals surface area contributed by atoms with Gasteiger partial charge in [0.25, 0.3) is 0 Å². The second kappa shape index (κ2) is 6.08. The second-order valence-corrected chi connectivity index (χ2v) is 7.01. The molecular weight excluding hydrogens is 280 g/mol. The van der Waals surface area contributed by atoms with Crippen LogP contribution in [0.25, 0.3) is 0 Å². The van der Waals surface area contributed by atoms with E-state index in [0.717, 1.165) is 25.2 Å². The third-order valence-electron chi connectivity index (χ3n) is 3.41. The molecule has 1 aliphatic heterocycles. The maximum atomic E-state index is 5.98. The van der Waals surface area contributed by atoms with E-state index < -0.39 is 0 Å². The first-order valence-corrected chi connectivity index (χ1v) is 8.28. The van der Waals surface area contributed by atoms with Crippen LogP contribution in [-0.4, -0.2) is 34.7 Å². The van der Waals surface area contributed by atoms with Gasteiger partial charge in [-0.15, -0.1) is 22.9 Å². The zero-order chi connectivity index (χ0) is 14.0. The van der Waals surface area contributed by atoms with Crippen molar-refractivity contribution in [3.05, 3.63) is 16.1 Å². The van der Waals surface area contributed by atoms with E-state index in [4.69, 9.17) is 16.3 Å². The number of ether oxygens (including phenoxy) is 1. The molecule has 1 aromatic rings. The minimum atomic E-state index is -0.0857. The maximum Gasteiger partial charge on any atom is 0.110 e. The SMILES string of the molecule is CCC(c1nc(CCl)cs1)N1CC(C)OC(C)(C)C1. The van der Waals surface area contributed by atoms with Gasteiger partial charge in [-0.2, -0.15) is 0 Å². The summed E-state index contributed by atoms with van der Waals surface area (Å²) in [6.45, 7) is 10.6. The standard InChI is InChI=1S/C14H23ClN2OS/c1-5-12(13-16-11(6-15)8-19-13)17-7-10(2)18-14(3,4)9-17/h8,10,12H,5-7,9H2,1-4H3. The molecule has 2 heterocycles. The van der Waals surface area contributed by atoms with E-state index in [1.54, 1.807) is 11.3 Å². The van der Waals surface area contributed by atoms with Gasteiger partial charge in [0.05, 0.1) is 29.3 Å². The molecule has 0 amide bonds. The summed E-state index contributed by atoms with van der Waals surface area (Å²) in [6, 6.07) is 0.382. The van der Waals surface area contributed by atoms with E-state index in [1.807, 2.05) is 0 Å². The predicted octanol–water partition coefficient (Wildman–Crippen LogP) is 3.83. The van der Waals surface area contributed by atoms with Crippen molar-refractivity contribution in [2.24, 2.45) is 0 Å². The van der Waals surface area contributed by atoms with Crippen molar-refractivity contribution in [2.75, 3.05) is 13.1 Å². The van der Waals surface area contributed by atoms with Crippen molar-refractivity contribution < 1.29 is 4.74 Å². The molecule has 0 saturated carbocycles. The van der Waals surface area contributed by atoms with Crippen LogP contribution in [0.1, 0.15) is 50.9 Å². The number of nitrogens with zero attached hydrogens (tertiary/aromatic N) is 2. The topological polar surface area (TPSA) is 25.4 Å². The van der Waals surface area contributed by atoms with Crippen molar-refractivity contribution in [2.45, 2.75) is 57.7 Å². The van der Waals surface area contributed by atoms with Crippen LogP contribution in [0, 0.1) is 0 Å². The molecule has 5 heteroatoms. The van der Waals surface area contributed by atoms with Crippen LogP contribution >= 0.6 is 22.9 Å². The number of hydrogen-bond acceptors (Lipinski definition) is 4. The molecule has 2 rings (SSSR count). The lowest BCUT2D eigenvalue weighted by molar-refractivity contribution is -0.138. The first-order valence-electron chi connectivity index (χ1n) is 6.87. The van der Waals surface area contributed by atoms with Gasteiger partial charge in [0, 0.05) is 18.5 Å². The quantitative estimate of drug-likeness (QED) is 0.790. The third kappa shape index (κ3) is 3.69. The van der Waals surface area contributed by atoms with Crippen molar-refractivity contribution >= 4 is 22.9 Å². The lowest BCUT2D eigenvalue weighted by Gasteiger charge is -2.44. The minimum Gasteiger partial charge on any atom is -0.370 e. The summed E-state index contributed by atoms with van der Waals surface area (Å²) in [7, 11) is 0. The van der Waals surface area contributed by atoms with Crippen LogP contribution < -0.4 is 0 Å².